The number of para-hydroxylation sites is 1. The fourth-order valence-corrected chi connectivity index (χ4v) is 6.69. The molecule has 1 aromatic heterocycles. The Balaban J connectivity index is 1.32. The van der Waals surface area contributed by atoms with Gasteiger partial charge >= 0.3 is 0 Å². The Morgan fingerprint density at radius 2 is 1.86 bits per heavy atom. The van der Waals surface area contributed by atoms with Crippen LogP contribution in [0.1, 0.15) is 43.1 Å². The van der Waals surface area contributed by atoms with Crippen molar-refractivity contribution in [3.8, 4) is 5.75 Å². The van der Waals surface area contributed by atoms with Crippen LogP contribution in [0.5, 0.6) is 5.75 Å². The highest BCUT2D eigenvalue weighted by Gasteiger charge is 2.49. The minimum atomic E-state index is -1.54. The van der Waals surface area contributed by atoms with Gasteiger partial charge in [-0.2, -0.15) is 0 Å². The van der Waals surface area contributed by atoms with E-state index >= 15 is 0 Å². The average molecular weight is 609 g/mol. The van der Waals surface area contributed by atoms with Crippen LogP contribution in [0.25, 0.3) is 0 Å². The molecule has 12 heteroatoms. The highest BCUT2D eigenvalue weighted by molar-refractivity contribution is 8.00. The third kappa shape index (κ3) is 7.03. The van der Waals surface area contributed by atoms with Gasteiger partial charge in [0.2, 0.25) is 11.8 Å². The van der Waals surface area contributed by atoms with Crippen LogP contribution >= 0.6 is 11.8 Å². The molecule has 43 heavy (non-hydrogen) atoms. The van der Waals surface area contributed by atoms with Gasteiger partial charge in [0.15, 0.2) is 0 Å². The molecule has 0 aliphatic carbocycles. The van der Waals surface area contributed by atoms with E-state index in [0.29, 0.717) is 17.0 Å². The van der Waals surface area contributed by atoms with E-state index in [2.05, 4.69) is 15.8 Å². The van der Waals surface area contributed by atoms with E-state index < -0.39 is 46.8 Å². The maximum atomic E-state index is 13.7. The van der Waals surface area contributed by atoms with Gasteiger partial charge in [-0.1, -0.05) is 53.7 Å². The van der Waals surface area contributed by atoms with Crippen LogP contribution in [0.3, 0.4) is 0 Å². The van der Waals surface area contributed by atoms with Crippen molar-refractivity contribution < 1.29 is 33.9 Å². The Labute approximate surface area is 254 Å². The third-order valence-corrected chi connectivity index (χ3v) is 9.22. The molecule has 0 unspecified atom stereocenters. The van der Waals surface area contributed by atoms with Gasteiger partial charge in [0.25, 0.3) is 5.91 Å². The second kappa shape index (κ2) is 13.2. The summed E-state index contributed by atoms with van der Waals surface area (Å²) in [5.41, 5.74) is 2.06. The van der Waals surface area contributed by atoms with Gasteiger partial charge in [-0.15, -0.1) is 11.8 Å². The lowest BCUT2D eigenvalue weighted by atomic mass is 9.90. The van der Waals surface area contributed by atoms with Crippen molar-refractivity contribution in [3.63, 3.8) is 0 Å². The van der Waals surface area contributed by atoms with Crippen LogP contribution in [-0.2, 0) is 27.3 Å². The van der Waals surface area contributed by atoms with Gasteiger partial charge in [-0.3, -0.25) is 14.4 Å². The Kier molecular flexibility index (Phi) is 9.38. The topological polar surface area (TPSA) is 154 Å². The number of aliphatic hydroxyl groups is 2. The molecule has 5 rings (SSSR count). The summed E-state index contributed by atoms with van der Waals surface area (Å²) in [6.07, 6.45) is -1.00. The van der Waals surface area contributed by atoms with E-state index in [9.17, 15) is 24.6 Å². The summed E-state index contributed by atoms with van der Waals surface area (Å²) in [6, 6.07) is 16.6. The predicted octanol–water partition coefficient (Wildman–Crippen LogP) is 2.19. The molecule has 0 bridgehead atoms. The summed E-state index contributed by atoms with van der Waals surface area (Å²) in [4.78, 5) is 42.0. The smallest absolute Gasteiger partial charge is 0.252 e. The van der Waals surface area contributed by atoms with E-state index in [1.54, 1.807) is 24.3 Å². The summed E-state index contributed by atoms with van der Waals surface area (Å²) in [5.74, 6) is -1.41. The maximum absolute atomic E-state index is 13.7. The standard InChI is InChI=1S/C31H36N4O7S/c1-31(2)27(29(39)32-16-21-12-13-42-34-21)35(18-43-31)30(40)23(36)15-20(14-19-8-4-3-5-9-19)28(38)33-26-22-10-6-7-11-25(22)41-17-24(26)37/h3-13,20,23-24,26-27,36-37H,14-18H2,1-2H3,(H,32,39)(H,33,38)/t20-,23-,24+,26-,27+/m0/s1. The fourth-order valence-electron chi connectivity index (χ4n) is 5.55. The number of amides is 3. The lowest BCUT2D eigenvalue weighted by molar-refractivity contribution is -0.147. The first kappa shape index (κ1) is 30.6. The Morgan fingerprint density at radius 1 is 1.12 bits per heavy atom. The van der Waals surface area contributed by atoms with E-state index in [1.807, 2.05) is 50.2 Å². The zero-order valence-corrected chi connectivity index (χ0v) is 24.8. The van der Waals surface area contributed by atoms with Crippen LogP contribution in [0.15, 0.2) is 71.4 Å². The molecule has 0 radical (unpaired) electrons. The normalized spacial score (nSPS) is 22.1. The summed E-state index contributed by atoms with van der Waals surface area (Å²) in [7, 11) is 0. The van der Waals surface area contributed by atoms with Crippen LogP contribution in [0, 0.1) is 5.92 Å². The van der Waals surface area contributed by atoms with Crippen molar-refractivity contribution in [1.29, 1.82) is 0 Å². The summed E-state index contributed by atoms with van der Waals surface area (Å²) < 4.78 is 9.81. The van der Waals surface area contributed by atoms with Crippen molar-refractivity contribution in [1.82, 2.24) is 20.7 Å². The van der Waals surface area contributed by atoms with Gasteiger partial charge in [-0.05, 0) is 38.3 Å². The Morgan fingerprint density at radius 3 is 2.60 bits per heavy atom. The van der Waals surface area contributed by atoms with Crippen LogP contribution < -0.4 is 15.4 Å². The number of benzene rings is 2. The minimum Gasteiger partial charge on any atom is -0.490 e. The highest BCUT2D eigenvalue weighted by atomic mass is 32.2. The number of ether oxygens (including phenoxy) is 1. The first-order chi connectivity index (χ1) is 20.6. The third-order valence-electron chi connectivity index (χ3n) is 7.85. The van der Waals surface area contributed by atoms with Gasteiger partial charge in [-0.25, -0.2) is 0 Å². The lowest BCUT2D eigenvalue weighted by Crippen LogP contribution is -2.55. The number of hydrogen-bond acceptors (Lipinski definition) is 9. The second-order valence-electron chi connectivity index (χ2n) is 11.3. The number of carbonyl (C=O) groups excluding carboxylic acids is 3. The lowest BCUT2D eigenvalue weighted by Gasteiger charge is -2.33. The number of fused-ring (bicyclic) bond motifs is 1. The molecular formula is C31H36N4O7S. The number of rotatable bonds is 10. The SMILES string of the molecule is CC1(C)SCN(C(=O)[C@@H](O)C[C@H](Cc2ccccc2)C(=O)N[C@H]2c3ccccc3OC[C@H]2O)[C@@H]1C(=O)NCc1ccon1. The first-order valence-electron chi connectivity index (χ1n) is 14.2. The number of carbonyl (C=O) groups is 3. The van der Waals surface area contributed by atoms with E-state index in [1.165, 1.54) is 22.9 Å². The zero-order chi connectivity index (χ0) is 30.6. The van der Waals surface area contributed by atoms with Crippen LogP contribution in [0.2, 0.25) is 0 Å². The summed E-state index contributed by atoms with van der Waals surface area (Å²) in [5, 5.41) is 31.5. The van der Waals surface area contributed by atoms with Gasteiger partial charge in [0, 0.05) is 22.3 Å². The molecule has 0 spiro atoms. The van der Waals surface area contributed by atoms with Gasteiger partial charge in [0.05, 0.1) is 18.5 Å². The molecule has 228 valence electrons. The zero-order valence-electron chi connectivity index (χ0n) is 24.0. The fraction of sp³-hybridized carbons (Fsp3) is 0.419. The van der Waals surface area contributed by atoms with Crippen molar-refractivity contribution in [2.24, 2.45) is 5.92 Å². The minimum absolute atomic E-state index is 0.0228. The Bertz CT molecular complexity index is 1420. The van der Waals surface area contributed by atoms with Gasteiger partial charge < -0.3 is 35.0 Å². The number of thioether (sulfide) groups is 1. The van der Waals surface area contributed by atoms with Crippen molar-refractivity contribution in [2.45, 2.75) is 62.3 Å². The van der Waals surface area contributed by atoms with Crippen LogP contribution in [0.4, 0.5) is 0 Å². The molecule has 3 amide bonds. The highest BCUT2D eigenvalue weighted by Crippen LogP contribution is 2.40. The molecule has 1 saturated heterocycles. The number of hydrogen-bond donors (Lipinski definition) is 4. The number of aliphatic hydroxyl groups excluding tert-OH is 2. The molecule has 4 N–H and O–H groups in total. The number of aromatic nitrogens is 1. The molecule has 5 atom stereocenters. The maximum Gasteiger partial charge on any atom is 0.252 e. The molecule has 2 aliphatic rings. The van der Waals surface area contributed by atoms with Gasteiger partial charge in [0.1, 0.15) is 42.6 Å². The first-order valence-corrected chi connectivity index (χ1v) is 15.2. The second-order valence-corrected chi connectivity index (χ2v) is 12.9. The average Bonchev–Trinajstić information content (AvgIpc) is 3.64. The molecule has 1 fully saturated rings. The van der Waals surface area contributed by atoms with Crippen LogP contribution in [-0.4, -0.2) is 73.5 Å². The molecule has 11 nitrogen and oxygen atoms in total. The molecule has 2 aliphatic heterocycles. The largest absolute Gasteiger partial charge is 0.490 e. The molecule has 3 heterocycles. The molecule has 0 saturated carbocycles. The number of nitrogens with one attached hydrogen (secondary N) is 2. The summed E-state index contributed by atoms with van der Waals surface area (Å²) in [6.45, 7) is 3.91. The van der Waals surface area contributed by atoms with E-state index in [4.69, 9.17) is 9.26 Å². The quantitative estimate of drug-likeness (QED) is 0.271. The molecule has 2 aromatic carbocycles. The summed E-state index contributed by atoms with van der Waals surface area (Å²) >= 11 is 1.44. The monoisotopic (exact) mass is 608 g/mol. The van der Waals surface area contributed by atoms with E-state index in [0.717, 1.165) is 5.56 Å². The van der Waals surface area contributed by atoms with Crippen molar-refractivity contribution in [2.75, 3.05) is 12.5 Å². The molecular weight excluding hydrogens is 572 g/mol. The molecule has 3 aromatic rings. The predicted molar refractivity (Wildman–Crippen MR) is 159 cm³/mol. The number of nitrogens with zero attached hydrogens (tertiary/aromatic N) is 2. The Hall–Kier alpha value is -3.87. The van der Waals surface area contributed by atoms with Crippen molar-refractivity contribution in [3.05, 3.63) is 83.7 Å². The van der Waals surface area contributed by atoms with Crippen molar-refractivity contribution >= 4 is 29.5 Å². The van der Waals surface area contributed by atoms with E-state index in [-0.39, 0.29) is 37.8 Å².